The number of rotatable bonds is 1. The van der Waals surface area contributed by atoms with Gasteiger partial charge in [-0.15, -0.1) is 10.2 Å². The Bertz CT molecular complexity index is 521. The zero-order chi connectivity index (χ0) is 10.3. The number of aromatic nitrogens is 3. The number of carbonyl (C=O) groups is 1. The number of fused-ring (bicyclic) bond motifs is 1. The standard InChI is InChI=1S/C8H6ClN3O2/c1-4-6(8(13)14)5(9)2-12-3-10-11-7(4)12/h2-3H,1H3,(H,13,14). The normalized spacial score (nSPS) is 10.7. The first-order valence-corrected chi connectivity index (χ1v) is 4.21. The average molecular weight is 212 g/mol. The highest BCUT2D eigenvalue weighted by Gasteiger charge is 2.16. The molecule has 0 aliphatic carbocycles. The molecule has 6 heteroatoms. The van der Waals surface area contributed by atoms with Gasteiger partial charge in [0.15, 0.2) is 5.65 Å². The summed E-state index contributed by atoms with van der Waals surface area (Å²) in [5.41, 5.74) is 1.10. The molecular formula is C8H6ClN3O2. The van der Waals surface area contributed by atoms with E-state index in [1.807, 2.05) is 0 Å². The maximum absolute atomic E-state index is 10.9. The molecule has 2 heterocycles. The van der Waals surface area contributed by atoms with Crippen molar-refractivity contribution in [3.8, 4) is 0 Å². The molecule has 72 valence electrons. The van der Waals surface area contributed by atoms with E-state index >= 15 is 0 Å². The van der Waals surface area contributed by atoms with Gasteiger partial charge in [0, 0.05) is 11.8 Å². The third kappa shape index (κ3) is 1.13. The summed E-state index contributed by atoms with van der Waals surface area (Å²) in [6.07, 6.45) is 2.95. The van der Waals surface area contributed by atoms with Gasteiger partial charge in [0.2, 0.25) is 0 Å². The SMILES string of the molecule is Cc1c(C(=O)O)c(Cl)cn2cnnc12. The van der Waals surface area contributed by atoms with E-state index in [4.69, 9.17) is 16.7 Å². The number of aromatic carboxylic acids is 1. The minimum atomic E-state index is -1.06. The van der Waals surface area contributed by atoms with Gasteiger partial charge < -0.3 is 5.11 Å². The van der Waals surface area contributed by atoms with Crippen LogP contribution < -0.4 is 0 Å². The summed E-state index contributed by atoms with van der Waals surface area (Å²) in [7, 11) is 0. The van der Waals surface area contributed by atoms with Gasteiger partial charge in [-0.3, -0.25) is 4.40 Å². The van der Waals surface area contributed by atoms with Crippen LogP contribution in [0.15, 0.2) is 12.5 Å². The second kappa shape index (κ2) is 2.95. The van der Waals surface area contributed by atoms with Gasteiger partial charge in [-0.1, -0.05) is 11.6 Å². The van der Waals surface area contributed by atoms with Gasteiger partial charge in [-0.2, -0.15) is 0 Å². The molecule has 0 unspecified atom stereocenters. The number of hydrogen-bond acceptors (Lipinski definition) is 3. The van der Waals surface area contributed by atoms with Crippen LogP contribution in [-0.4, -0.2) is 25.7 Å². The maximum Gasteiger partial charge on any atom is 0.337 e. The lowest BCUT2D eigenvalue weighted by atomic mass is 10.1. The lowest BCUT2D eigenvalue weighted by Gasteiger charge is -2.04. The van der Waals surface area contributed by atoms with Crippen LogP contribution in [-0.2, 0) is 0 Å². The zero-order valence-electron chi connectivity index (χ0n) is 7.23. The Morgan fingerprint density at radius 3 is 3.00 bits per heavy atom. The molecule has 0 aromatic carbocycles. The fourth-order valence-corrected chi connectivity index (χ4v) is 1.67. The highest BCUT2D eigenvalue weighted by atomic mass is 35.5. The summed E-state index contributed by atoms with van der Waals surface area (Å²) < 4.78 is 1.59. The van der Waals surface area contributed by atoms with Crippen LogP contribution in [0.5, 0.6) is 0 Å². The van der Waals surface area contributed by atoms with Gasteiger partial charge in [0.25, 0.3) is 0 Å². The Balaban J connectivity index is 2.89. The molecule has 0 aliphatic rings. The second-order valence-corrected chi connectivity index (χ2v) is 3.25. The van der Waals surface area contributed by atoms with E-state index < -0.39 is 5.97 Å². The van der Waals surface area contributed by atoms with Crippen molar-refractivity contribution >= 4 is 23.2 Å². The van der Waals surface area contributed by atoms with Crippen molar-refractivity contribution in [2.24, 2.45) is 0 Å². The average Bonchev–Trinajstić information content (AvgIpc) is 2.50. The lowest BCUT2D eigenvalue weighted by Crippen LogP contribution is -2.03. The fraction of sp³-hybridized carbons (Fsp3) is 0.125. The predicted octanol–water partition coefficient (Wildman–Crippen LogP) is 1.39. The van der Waals surface area contributed by atoms with Gasteiger partial charge in [-0.05, 0) is 6.92 Å². The van der Waals surface area contributed by atoms with Crippen LogP contribution in [0.25, 0.3) is 5.65 Å². The van der Waals surface area contributed by atoms with Crippen molar-refractivity contribution in [1.29, 1.82) is 0 Å². The van der Waals surface area contributed by atoms with E-state index in [-0.39, 0.29) is 10.6 Å². The number of aryl methyl sites for hydroxylation is 1. The van der Waals surface area contributed by atoms with E-state index in [9.17, 15) is 4.79 Å². The molecule has 0 bridgehead atoms. The van der Waals surface area contributed by atoms with Crippen LogP contribution >= 0.6 is 11.6 Å². The van der Waals surface area contributed by atoms with Gasteiger partial charge in [0.05, 0.1) is 10.6 Å². The Hall–Kier alpha value is -1.62. The topological polar surface area (TPSA) is 67.5 Å². The first-order valence-electron chi connectivity index (χ1n) is 3.83. The molecule has 5 nitrogen and oxygen atoms in total. The van der Waals surface area contributed by atoms with E-state index in [1.165, 1.54) is 12.5 Å². The van der Waals surface area contributed by atoms with Crippen molar-refractivity contribution in [3.63, 3.8) is 0 Å². The number of pyridine rings is 1. The number of hydrogen-bond donors (Lipinski definition) is 1. The molecule has 0 saturated carbocycles. The number of halogens is 1. The monoisotopic (exact) mass is 211 g/mol. The molecule has 0 spiro atoms. The Morgan fingerprint density at radius 2 is 2.36 bits per heavy atom. The maximum atomic E-state index is 10.9. The second-order valence-electron chi connectivity index (χ2n) is 2.84. The predicted molar refractivity (Wildman–Crippen MR) is 49.7 cm³/mol. The van der Waals surface area contributed by atoms with E-state index in [0.29, 0.717) is 11.2 Å². The first-order chi connectivity index (χ1) is 6.61. The Kier molecular flexibility index (Phi) is 1.89. The Labute approximate surface area is 83.9 Å². The van der Waals surface area contributed by atoms with Crippen LogP contribution in [0.4, 0.5) is 0 Å². The lowest BCUT2D eigenvalue weighted by molar-refractivity contribution is 0.0696. The van der Waals surface area contributed by atoms with Crippen molar-refractivity contribution in [1.82, 2.24) is 14.6 Å². The van der Waals surface area contributed by atoms with Gasteiger partial charge >= 0.3 is 5.97 Å². The highest BCUT2D eigenvalue weighted by Crippen LogP contribution is 2.22. The summed E-state index contributed by atoms with van der Waals surface area (Å²) in [6.45, 7) is 1.65. The zero-order valence-corrected chi connectivity index (χ0v) is 7.99. The van der Waals surface area contributed by atoms with Gasteiger partial charge in [0.1, 0.15) is 6.33 Å². The molecule has 0 saturated heterocycles. The third-order valence-corrected chi connectivity index (χ3v) is 2.28. The van der Waals surface area contributed by atoms with Crippen molar-refractivity contribution in [2.75, 3.05) is 0 Å². The first kappa shape index (κ1) is 8.96. The number of nitrogens with zero attached hydrogens (tertiary/aromatic N) is 3. The summed E-state index contributed by atoms with van der Waals surface area (Å²) in [5.74, 6) is -1.06. The molecule has 0 aliphatic heterocycles. The van der Waals surface area contributed by atoms with Crippen LogP contribution in [0.1, 0.15) is 15.9 Å². The Morgan fingerprint density at radius 1 is 1.64 bits per heavy atom. The molecule has 14 heavy (non-hydrogen) atoms. The molecule has 2 aromatic rings. The van der Waals surface area contributed by atoms with Crippen LogP contribution in [0.2, 0.25) is 5.02 Å². The summed E-state index contributed by atoms with van der Waals surface area (Å²) in [4.78, 5) is 10.9. The van der Waals surface area contributed by atoms with Crippen molar-refractivity contribution in [2.45, 2.75) is 6.92 Å². The van der Waals surface area contributed by atoms with Crippen LogP contribution in [0, 0.1) is 6.92 Å². The van der Waals surface area contributed by atoms with Crippen LogP contribution in [0.3, 0.4) is 0 Å². The molecule has 0 atom stereocenters. The molecule has 2 rings (SSSR count). The molecule has 0 radical (unpaired) electrons. The smallest absolute Gasteiger partial charge is 0.337 e. The highest BCUT2D eigenvalue weighted by molar-refractivity contribution is 6.33. The van der Waals surface area contributed by atoms with E-state index in [1.54, 1.807) is 11.3 Å². The largest absolute Gasteiger partial charge is 0.478 e. The number of carboxylic acids is 1. The molecule has 0 amide bonds. The minimum Gasteiger partial charge on any atom is -0.478 e. The van der Waals surface area contributed by atoms with Crippen molar-refractivity contribution in [3.05, 3.63) is 28.7 Å². The van der Waals surface area contributed by atoms with E-state index in [2.05, 4.69) is 10.2 Å². The molecular weight excluding hydrogens is 206 g/mol. The molecule has 1 N–H and O–H groups in total. The summed E-state index contributed by atoms with van der Waals surface area (Å²) in [6, 6.07) is 0. The quantitative estimate of drug-likeness (QED) is 0.774. The fourth-order valence-electron chi connectivity index (χ4n) is 1.35. The number of carboxylic acid groups (broad SMARTS) is 1. The molecule has 2 aromatic heterocycles. The van der Waals surface area contributed by atoms with Crippen molar-refractivity contribution < 1.29 is 9.90 Å². The molecule has 0 fully saturated rings. The summed E-state index contributed by atoms with van der Waals surface area (Å²) >= 11 is 5.80. The van der Waals surface area contributed by atoms with Gasteiger partial charge in [-0.25, -0.2) is 4.79 Å². The summed E-state index contributed by atoms with van der Waals surface area (Å²) in [5, 5.41) is 16.5. The van der Waals surface area contributed by atoms with E-state index in [0.717, 1.165) is 0 Å². The minimum absolute atomic E-state index is 0.0761. The third-order valence-electron chi connectivity index (χ3n) is 1.99.